The second-order valence-corrected chi connectivity index (χ2v) is 8.82. The number of rotatable bonds is 7. The molecule has 0 radical (unpaired) electrons. The smallest absolute Gasteiger partial charge is 0.196 e. The largest absolute Gasteiger partial charge is 0.297 e. The molecule has 6 nitrogen and oxygen atoms in total. The maximum atomic E-state index is 12.8. The van der Waals surface area contributed by atoms with Crippen LogP contribution in [0.5, 0.6) is 0 Å². The van der Waals surface area contributed by atoms with Gasteiger partial charge in [0.1, 0.15) is 5.01 Å². The molecular weight excluding hydrogens is 426 g/mol. The first-order valence-corrected chi connectivity index (χ1v) is 11.5. The first kappa shape index (κ1) is 21.0. The van der Waals surface area contributed by atoms with Crippen molar-refractivity contribution >= 4 is 28.9 Å². The number of thioether (sulfide) groups is 1. The first-order chi connectivity index (χ1) is 15.1. The molecule has 0 amide bonds. The molecule has 2 heterocycles. The van der Waals surface area contributed by atoms with Crippen LogP contribution < -0.4 is 0 Å². The van der Waals surface area contributed by atoms with E-state index in [0.717, 1.165) is 22.5 Å². The molecule has 8 heteroatoms. The van der Waals surface area contributed by atoms with Gasteiger partial charge in [0.15, 0.2) is 22.7 Å². The van der Waals surface area contributed by atoms with Crippen molar-refractivity contribution in [3.05, 3.63) is 76.2 Å². The van der Waals surface area contributed by atoms with Gasteiger partial charge in [-0.2, -0.15) is 5.26 Å². The van der Waals surface area contributed by atoms with Gasteiger partial charge in [-0.05, 0) is 26.0 Å². The molecular formula is C23H19N5OS2. The highest BCUT2D eigenvalue weighted by molar-refractivity contribution is 7.99. The van der Waals surface area contributed by atoms with Crippen LogP contribution in [0, 0.1) is 25.2 Å². The Hall–Kier alpha value is -3.28. The van der Waals surface area contributed by atoms with Crippen LogP contribution in [0.3, 0.4) is 0 Å². The zero-order valence-electron chi connectivity index (χ0n) is 17.0. The second-order valence-electron chi connectivity index (χ2n) is 6.99. The van der Waals surface area contributed by atoms with Crippen molar-refractivity contribution in [3.63, 3.8) is 0 Å². The van der Waals surface area contributed by atoms with E-state index in [1.165, 1.54) is 23.1 Å². The van der Waals surface area contributed by atoms with Crippen molar-refractivity contribution in [3.8, 4) is 23.1 Å². The molecule has 154 valence electrons. The highest BCUT2D eigenvalue weighted by Gasteiger charge is 2.25. The molecule has 0 saturated heterocycles. The number of thiazole rings is 1. The minimum absolute atomic E-state index is 0.107. The zero-order valence-corrected chi connectivity index (χ0v) is 18.7. The average Bonchev–Trinajstić information content (AvgIpc) is 3.40. The molecule has 0 saturated carbocycles. The van der Waals surface area contributed by atoms with E-state index in [2.05, 4.69) is 21.3 Å². The van der Waals surface area contributed by atoms with Crippen LogP contribution in [0.15, 0.2) is 65.1 Å². The standard InChI is InChI=1S/C23H19N5OS2/c1-15-8-10-18(11-9-15)28-21(17-6-4-3-5-7-17)26-27-23(28)31-14-20(29)19(12-24)22-25-16(2)13-30-22/h3-11,13,19H,14H2,1-2H3. The lowest BCUT2D eigenvalue weighted by Crippen LogP contribution is -2.13. The van der Waals surface area contributed by atoms with Crippen LogP contribution in [0.4, 0.5) is 0 Å². The molecule has 4 aromatic rings. The van der Waals surface area contributed by atoms with E-state index >= 15 is 0 Å². The van der Waals surface area contributed by atoms with Gasteiger partial charge in [0.25, 0.3) is 0 Å². The van der Waals surface area contributed by atoms with Crippen molar-refractivity contribution < 1.29 is 4.79 Å². The summed E-state index contributed by atoms with van der Waals surface area (Å²) in [5, 5.41) is 21.3. The number of carbonyl (C=O) groups excluding carboxylic acids is 1. The SMILES string of the molecule is Cc1ccc(-n2c(SCC(=O)C(C#N)c3nc(C)cs3)nnc2-c2ccccc2)cc1. The molecule has 2 aromatic carbocycles. The molecule has 0 spiro atoms. The number of Topliss-reactive ketones (excluding diaryl/α,β-unsaturated/α-hetero) is 1. The Kier molecular flexibility index (Phi) is 6.26. The van der Waals surface area contributed by atoms with E-state index < -0.39 is 5.92 Å². The van der Waals surface area contributed by atoms with Gasteiger partial charge in [-0.25, -0.2) is 4.98 Å². The van der Waals surface area contributed by atoms with Gasteiger partial charge in [0, 0.05) is 22.3 Å². The highest BCUT2D eigenvalue weighted by atomic mass is 32.2. The zero-order chi connectivity index (χ0) is 21.8. The molecule has 0 bridgehead atoms. The van der Waals surface area contributed by atoms with Crippen molar-refractivity contribution in [1.29, 1.82) is 5.26 Å². The predicted octanol–water partition coefficient (Wildman–Crippen LogP) is 4.98. The van der Waals surface area contributed by atoms with Gasteiger partial charge in [-0.15, -0.1) is 21.5 Å². The Morgan fingerprint density at radius 2 is 1.87 bits per heavy atom. The summed E-state index contributed by atoms with van der Waals surface area (Å²) >= 11 is 2.62. The molecule has 2 aromatic heterocycles. The average molecular weight is 446 g/mol. The maximum absolute atomic E-state index is 12.8. The number of ketones is 1. The molecule has 31 heavy (non-hydrogen) atoms. The third kappa shape index (κ3) is 4.58. The normalized spacial score (nSPS) is 11.8. The van der Waals surface area contributed by atoms with Gasteiger partial charge < -0.3 is 0 Å². The van der Waals surface area contributed by atoms with E-state index in [-0.39, 0.29) is 11.5 Å². The number of aromatic nitrogens is 4. The summed E-state index contributed by atoms with van der Waals surface area (Å²) in [6.07, 6.45) is 0. The molecule has 0 N–H and O–H groups in total. The summed E-state index contributed by atoms with van der Waals surface area (Å²) in [5.74, 6) is -0.251. The Bertz CT molecular complexity index is 1240. The number of benzene rings is 2. The highest BCUT2D eigenvalue weighted by Crippen LogP contribution is 2.29. The minimum atomic E-state index is -0.865. The minimum Gasteiger partial charge on any atom is -0.297 e. The van der Waals surface area contributed by atoms with Crippen LogP contribution in [0.2, 0.25) is 0 Å². The molecule has 1 atom stereocenters. The first-order valence-electron chi connectivity index (χ1n) is 9.62. The lowest BCUT2D eigenvalue weighted by atomic mass is 10.1. The lowest BCUT2D eigenvalue weighted by molar-refractivity contribution is -0.116. The van der Waals surface area contributed by atoms with E-state index in [0.29, 0.717) is 16.0 Å². The summed E-state index contributed by atoms with van der Waals surface area (Å²) in [7, 11) is 0. The fourth-order valence-electron chi connectivity index (χ4n) is 3.05. The quantitative estimate of drug-likeness (QED) is 0.373. The number of carbonyl (C=O) groups is 1. The lowest BCUT2D eigenvalue weighted by Gasteiger charge is -2.11. The molecule has 0 aliphatic heterocycles. The predicted molar refractivity (Wildman–Crippen MR) is 122 cm³/mol. The maximum Gasteiger partial charge on any atom is 0.196 e. The monoisotopic (exact) mass is 445 g/mol. The summed E-state index contributed by atoms with van der Waals surface area (Å²) in [5.41, 5.74) is 3.81. The van der Waals surface area contributed by atoms with Crippen molar-refractivity contribution in [2.45, 2.75) is 24.9 Å². The number of hydrogen-bond donors (Lipinski definition) is 0. The van der Waals surface area contributed by atoms with E-state index in [4.69, 9.17) is 0 Å². The van der Waals surface area contributed by atoms with Gasteiger partial charge in [0.05, 0.1) is 11.8 Å². The summed E-state index contributed by atoms with van der Waals surface area (Å²) in [4.78, 5) is 17.1. The van der Waals surface area contributed by atoms with Crippen LogP contribution >= 0.6 is 23.1 Å². The molecule has 4 rings (SSSR count). The van der Waals surface area contributed by atoms with E-state index in [1.54, 1.807) is 0 Å². The van der Waals surface area contributed by atoms with Crippen LogP contribution in [0.25, 0.3) is 17.1 Å². The van der Waals surface area contributed by atoms with Crippen molar-refractivity contribution in [2.75, 3.05) is 5.75 Å². The fraction of sp³-hybridized carbons (Fsp3) is 0.174. The molecule has 1 unspecified atom stereocenters. The van der Waals surface area contributed by atoms with Crippen LogP contribution in [0.1, 0.15) is 22.2 Å². The van der Waals surface area contributed by atoms with Crippen molar-refractivity contribution in [1.82, 2.24) is 19.7 Å². The number of aryl methyl sites for hydroxylation is 2. The third-order valence-corrected chi connectivity index (χ3v) is 6.61. The molecule has 0 aliphatic rings. The van der Waals surface area contributed by atoms with Gasteiger partial charge in [-0.1, -0.05) is 59.8 Å². The van der Waals surface area contributed by atoms with Gasteiger partial charge in [-0.3, -0.25) is 9.36 Å². The fourth-order valence-corrected chi connectivity index (χ4v) is 4.77. The van der Waals surface area contributed by atoms with Gasteiger partial charge >= 0.3 is 0 Å². The number of hydrogen-bond acceptors (Lipinski definition) is 7. The van der Waals surface area contributed by atoms with Crippen LogP contribution in [-0.4, -0.2) is 31.3 Å². The number of nitrogens with zero attached hydrogens (tertiary/aromatic N) is 5. The van der Waals surface area contributed by atoms with Crippen LogP contribution in [-0.2, 0) is 4.79 Å². The third-order valence-electron chi connectivity index (χ3n) is 4.64. The summed E-state index contributed by atoms with van der Waals surface area (Å²) < 4.78 is 1.95. The Labute approximate surface area is 188 Å². The second kappa shape index (κ2) is 9.25. The Balaban J connectivity index is 1.64. The summed E-state index contributed by atoms with van der Waals surface area (Å²) in [6.45, 7) is 3.88. The summed E-state index contributed by atoms with van der Waals surface area (Å²) in [6, 6.07) is 20.0. The Morgan fingerprint density at radius 3 is 2.52 bits per heavy atom. The van der Waals surface area contributed by atoms with Crippen molar-refractivity contribution in [2.24, 2.45) is 0 Å². The van der Waals surface area contributed by atoms with Gasteiger partial charge in [0.2, 0.25) is 0 Å². The van der Waals surface area contributed by atoms with E-state index in [1.807, 2.05) is 78.4 Å². The number of nitriles is 1. The Morgan fingerprint density at radius 1 is 1.13 bits per heavy atom. The molecule has 0 fully saturated rings. The van der Waals surface area contributed by atoms with E-state index in [9.17, 15) is 10.1 Å². The molecule has 0 aliphatic carbocycles. The topological polar surface area (TPSA) is 84.5 Å².